The number of amides is 1. The average molecular weight is 326 g/mol. The van der Waals surface area contributed by atoms with Crippen molar-refractivity contribution in [2.75, 3.05) is 7.05 Å². The summed E-state index contributed by atoms with van der Waals surface area (Å²) in [5, 5.41) is 4.24. The smallest absolute Gasteiger partial charge is 0.342 e. The normalized spacial score (nSPS) is 19.8. The molecule has 6 nitrogen and oxygen atoms in total. The zero-order valence-corrected chi connectivity index (χ0v) is 14.1. The summed E-state index contributed by atoms with van der Waals surface area (Å²) in [4.78, 5) is 26.9. The molecule has 1 aliphatic heterocycles. The number of likely N-dealkylation sites (N-methyl/N-ethyl adjacent to an activating group) is 1. The minimum absolute atomic E-state index is 0.126. The Hall–Kier alpha value is -2.37. The second-order valence-electron chi connectivity index (χ2n) is 6.95. The molecule has 0 bridgehead atoms. The van der Waals surface area contributed by atoms with E-state index in [1.807, 2.05) is 11.9 Å². The van der Waals surface area contributed by atoms with E-state index in [1.165, 1.54) is 15.8 Å². The van der Waals surface area contributed by atoms with Crippen molar-refractivity contribution < 1.29 is 4.79 Å². The summed E-state index contributed by atoms with van der Waals surface area (Å²) in [6.07, 6.45) is 3.29. The average Bonchev–Trinajstić information content (AvgIpc) is 3.15. The molecule has 0 saturated carbocycles. The molecule has 0 spiro atoms. The number of rotatable bonds is 2. The Morgan fingerprint density at radius 2 is 1.92 bits per heavy atom. The Bertz CT molecular complexity index is 826. The highest BCUT2D eigenvalue weighted by Gasteiger charge is 2.34. The highest BCUT2D eigenvalue weighted by atomic mass is 16.2. The predicted molar refractivity (Wildman–Crippen MR) is 89.7 cm³/mol. The number of fused-ring (bicyclic) bond motifs is 2. The number of hydrogen-bond donors (Lipinski definition) is 0. The standard InChI is InChI=1S/C18H22N4O2/c1-20(15-9-12-5-3-4-6-13(12)10-15)17(23)14-7-8-16-19-21(2)18(24)22(16)11-14/h3-6,14-15H,7-11H2,1-2H3. The molecular formula is C18H22N4O2. The van der Waals surface area contributed by atoms with Crippen LogP contribution in [0.4, 0.5) is 0 Å². The summed E-state index contributed by atoms with van der Waals surface area (Å²) in [6, 6.07) is 8.63. The van der Waals surface area contributed by atoms with Crippen LogP contribution >= 0.6 is 0 Å². The van der Waals surface area contributed by atoms with Gasteiger partial charge in [0.15, 0.2) is 0 Å². The third-order valence-electron chi connectivity index (χ3n) is 5.48. The van der Waals surface area contributed by atoms with Crippen LogP contribution in [-0.4, -0.2) is 38.2 Å². The lowest BCUT2D eigenvalue weighted by atomic mass is 9.97. The Kier molecular flexibility index (Phi) is 3.55. The molecule has 1 unspecified atom stereocenters. The van der Waals surface area contributed by atoms with E-state index in [-0.39, 0.29) is 23.6 Å². The quantitative estimate of drug-likeness (QED) is 0.819. The van der Waals surface area contributed by atoms with Gasteiger partial charge in [-0.2, -0.15) is 5.10 Å². The molecule has 1 atom stereocenters. The van der Waals surface area contributed by atoms with Crippen LogP contribution in [0.5, 0.6) is 0 Å². The maximum Gasteiger partial charge on any atom is 0.345 e. The molecule has 1 aromatic carbocycles. The molecule has 2 aromatic rings. The zero-order valence-electron chi connectivity index (χ0n) is 14.1. The molecule has 1 aliphatic carbocycles. The zero-order chi connectivity index (χ0) is 16.8. The van der Waals surface area contributed by atoms with Crippen molar-refractivity contribution in [1.82, 2.24) is 19.2 Å². The third-order valence-corrected chi connectivity index (χ3v) is 5.48. The Labute approximate surface area is 140 Å². The van der Waals surface area contributed by atoms with Gasteiger partial charge in [-0.3, -0.25) is 9.36 Å². The first-order chi connectivity index (χ1) is 11.5. The fourth-order valence-electron chi connectivity index (χ4n) is 4.02. The number of carbonyl (C=O) groups excluding carboxylic acids is 1. The molecule has 4 rings (SSSR count). The van der Waals surface area contributed by atoms with Gasteiger partial charge in [0.2, 0.25) is 5.91 Å². The minimum atomic E-state index is -0.131. The highest BCUT2D eigenvalue weighted by Crippen LogP contribution is 2.27. The number of aryl methyl sites for hydroxylation is 2. The van der Waals surface area contributed by atoms with Gasteiger partial charge in [-0.15, -0.1) is 0 Å². The van der Waals surface area contributed by atoms with Crippen molar-refractivity contribution in [3.8, 4) is 0 Å². The van der Waals surface area contributed by atoms with Gasteiger partial charge in [-0.1, -0.05) is 24.3 Å². The van der Waals surface area contributed by atoms with Gasteiger partial charge in [0.1, 0.15) is 5.82 Å². The largest absolute Gasteiger partial charge is 0.345 e. The molecule has 1 amide bonds. The molecule has 126 valence electrons. The lowest BCUT2D eigenvalue weighted by Crippen LogP contribution is -2.44. The predicted octanol–water partition coefficient (Wildman–Crippen LogP) is 0.770. The van der Waals surface area contributed by atoms with E-state index in [4.69, 9.17) is 0 Å². The van der Waals surface area contributed by atoms with Crippen LogP contribution in [0.1, 0.15) is 23.4 Å². The van der Waals surface area contributed by atoms with Crippen molar-refractivity contribution in [2.24, 2.45) is 13.0 Å². The Balaban J connectivity index is 1.49. The Morgan fingerprint density at radius 1 is 1.25 bits per heavy atom. The molecule has 0 N–H and O–H groups in total. The second-order valence-corrected chi connectivity index (χ2v) is 6.95. The van der Waals surface area contributed by atoms with Crippen molar-refractivity contribution >= 4 is 5.91 Å². The topological polar surface area (TPSA) is 60.1 Å². The van der Waals surface area contributed by atoms with Gasteiger partial charge >= 0.3 is 5.69 Å². The fourth-order valence-corrected chi connectivity index (χ4v) is 4.02. The van der Waals surface area contributed by atoms with Gasteiger partial charge in [0.25, 0.3) is 0 Å². The van der Waals surface area contributed by atoms with E-state index >= 15 is 0 Å². The summed E-state index contributed by atoms with van der Waals surface area (Å²) in [7, 11) is 3.56. The molecular weight excluding hydrogens is 304 g/mol. The van der Waals surface area contributed by atoms with E-state index in [0.29, 0.717) is 13.0 Å². The lowest BCUT2D eigenvalue weighted by molar-refractivity contribution is -0.137. The van der Waals surface area contributed by atoms with Gasteiger partial charge in [0, 0.05) is 33.1 Å². The summed E-state index contributed by atoms with van der Waals surface area (Å²) in [6.45, 7) is 0.449. The van der Waals surface area contributed by atoms with E-state index in [0.717, 1.165) is 25.1 Å². The van der Waals surface area contributed by atoms with Crippen LogP contribution in [0.3, 0.4) is 0 Å². The van der Waals surface area contributed by atoms with Gasteiger partial charge in [-0.25, -0.2) is 9.48 Å². The number of carbonyl (C=O) groups is 1. The van der Waals surface area contributed by atoms with Crippen LogP contribution in [0.15, 0.2) is 29.1 Å². The second kappa shape index (κ2) is 5.61. The molecule has 0 fully saturated rings. The first kappa shape index (κ1) is 15.2. The summed E-state index contributed by atoms with van der Waals surface area (Å²) < 4.78 is 3.02. The van der Waals surface area contributed by atoms with Crippen LogP contribution in [0.25, 0.3) is 0 Å². The molecule has 0 saturated heterocycles. The van der Waals surface area contributed by atoms with Crippen LogP contribution in [0.2, 0.25) is 0 Å². The Morgan fingerprint density at radius 3 is 2.58 bits per heavy atom. The van der Waals surface area contributed by atoms with Gasteiger partial charge < -0.3 is 4.90 Å². The maximum absolute atomic E-state index is 12.9. The summed E-state index contributed by atoms with van der Waals surface area (Å²) >= 11 is 0. The van der Waals surface area contributed by atoms with Crippen LogP contribution in [0, 0.1) is 5.92 Å². The SMILES string of the molecule is CN(C(=O)C1CCc2nn(C)c(=O)n2C1)C1Cc2ccccc2C1. The molecule has 0 radical (unpaired) electrons. The molecule has 1 aromatic heterocycles. The summed E-state index contributed by atoms with van der Waals surface area (Å²) in [5.41, 5.74) is 2.56. The molecule has 6 heteroatoms. The molecule has 2 heterocycles. The van der Waals surface area contributed by atoms with E-state index in [9.17, 15) is 9.59 Å². The number of benzene rings is 1. The highest BCUT2D eigenvalue weighted by molar-refractivity contribution is 5.79. The lowest BCUT2D eigenvalue weighted by Gasteiger charge is -2.30. The molecule has 24 heavy (non-hydrogen) atoms. The van der Waals surface area contributed by atoms with Crippen molar-refractivity contribution in [1.29, 1.82) is 0 Å². The number of nitrogens with zero attached hydrogens (tertiary/aromatic N) is 4. The van der Waals surface area contributed by atoms with Crippen LogP contribution < -0.4 is 5.69 Å². The molecule has 2 aliphatic rings. The monoisotopic (exact) mass is 326 g/mol. The first-order valence-electron chi connectivity index (χ1n) is 8.50. The summed E-state index contributed by atoms with van der Waals surface area (Å²) in [5.74, 6) is 0.810. The number of hydrogen-bond acceptors (Lipinski definition) is 3. The van der Waals surface area contributed by atoms with E-state index in [1.54, 1.807) is 11.6 Å². The van der Waals surface area contributed by atoms with Gasteiger partial charge in [-0.05, 0) is 30.4 Å². The number of aromatic nitrogens is 3. The third kappa shape index (κ3) is 2.37. The van der Waals surface area contributed by atoms with Crippen molar-refractivity contribution in [3.05, 3.63) is 51.7 Å². The first-order valence-corrected chi connectivity index (χ1v) is 8.50. The minimum Gasteiger partial charge on any atom is -0.342 e. The van der Waals surface area contributed by atoms with Crippen LogP contribution in [-0.2, 0) is 37.6 Å². The van der Waals surface area contributed by atoms with Gasteiger partial charge in [0.05, 0.1) is 5.92 Å². The van der Waals surface area contributed by atoms with E-state index in [2.05, 4.69) is 29.4 Å². The van der Waals surface area contributed by atoms with Crippen molar-refractivity contribution in [3.63, 3.8) is 0 Å². The van der Waals surface area contributed by atoms with Crippen molar-refractivity contribution in [2.45, 2.75) is 38.3 Å². The fraction of sp³-hybridized carbons (Fsp3) is 0.500. The maximum atomic E-state index is 12.9. The van der Waals surface area contributed by atoms with E-state index < -0.39 is 0 Å².